The second-order valence-electron chi connectivity index (χ2n) is 4.16. The van der Waals surface area contributed by atoms with Gasteiger partial charge in [0.1, 0.15) is 0 Å². The smallest absolute Gasteiger partial charge is 0.0933 e. The maximum absolute atomic E-state index is 9.87. The van der Waals surface area contributed by atoms with Gasteiger partial charge in [-0.3, -0.25) is 0 Å². The minimum Gasteiger partial charge on any atom is -0.393 e. The minimum atomic E-state index is -1.18. The van der Waals surface area contributed by atoms with E-state index in [1.54, 1.807) is 0 Å². The zero-order valence-electron chi connectivity index (χ0n) is 8.02. The highest BCUT2D eigenvalue weighted by Gasteiger charge is 2.42. The van der Waals surface area contributed by atoms with Crippen molar-refractivity contribution in [1.29, 1.82) is 0 Å². The molecule has 2 rings (SSSR count). The summed E-state index contributed by atoms with van der Waals surface area (Å²) in [6, 6.07) is 0. The lowest BCUT2D eigenvalue weighted by Gasteiger charge is -2.41. The lowest BCUT2D eigenvalue weighted by atomic mass is 9.77. The number of rotatable bonds is 1. The van der Waals surface area contributed by atoms with Crippen molar-refractivity contribution in [2.24, 2.45) is 0 Å². The van der Waals surface area contributed by atoms with Crippen LogP contribution < -0.4 is 0 Å². The Morgan fingerprint density at radius 2 is 2.29 bits per heavy atom. The second kappa shape index (κ2) is 3.62. The molecule has 3 atom stereocenters. The first kappa shape index (κ1) is 10.1. The summed E-state index contributed by atoms with van der Waals surface area (Å²) >= 11 is 0. The number of aliphatic hydroxyl groups excluding tert-OH is 2. The molecule has 0 amide bonds. The highest BCUT2D eigenvalue weighted by molar-refractivity contribution is 5.21. The Bertz CT molecular complexity index is 251. The number of hydrogen-bond acceptors (Lipinski definition) is 4. The van der Waals surface area contributed by atoms with E-state index in [9.17, 15) is 10.2 Å². The maximum atomic E-state index is 9.87. The predicted molar refractivity (Wildman–Crippen MR) is 49.7 cm³/mol. The Kier molecular flexibility index (Phi) is 2.62. The molecule has 4 heteroatoms. The molecule has 0 unspecified atom stereocenters. The summed E-state index contributed by atoms with van der Waals surface area (Å²) in [5.41, 5.74) is -0.312. The fourth-order valence-corrected chi connectivity index (χ4v) is 2.23. The molecular formula is C10H16O4. The molecular weight excluding hydrogens is 184 g/mol. The Hall–Kier alpha value is -0.420. The molecule has 1 fully saturated rings. The minimum absolute atomic E-state index is 0.204. The van der Waals surface area contributed by atoms with Crippen LogP contribution in [-0.2, 0) is 4.74 Å². The Labute approximate surface area is 82.8 Å². The van der Waals surface area contributed by atoms with Crippen molar-refractivity contribution in [3.05, 3.63) is 11.6 Å². The number of hydrogen-bond donors (Lipinski definition) is 3. The second-order valence-corrected chi connectivity index (χ2v) is 4.16. The van der Waals surface area contributed by atoms with Gasteiger partial charge >= 0.3 is 0 Å². The van der Waals surface area contributed by atoms with Gasteiger partial charge < -0.3 is 20.1 Å². The Morgan fingerprint density at radius 1 is 1.50 bits per heavy atom. The molecule has 4 nitrogen and oxygen atoms in total. The van der Waals surface area contributed by atoms with Gasteiger partial charge in [-0.1, -0.05) is 6.08 Å². The van der Waals surface area contributed by atoms with Crippen LogP contribution in [0.15, 0.2) is 11.6 Å². The van der Waals surface area contributed by atoms with E-state index in [1.807, 2.05) is 6.08 Å². The fraction of sp³-hybridized carbons (Fsp3) is 0.800. The van der Waals surface area contributed by atoms with Gasteiger partial charge in [0.15, 0.2) is 0 Å². The molecule has 1 aliphatic heterocycles. The van der Waals surface area contributed by atoms with E-state index in [4.69, 9.17) is 9.84 Å². The summed E-state index contributed by atoms with van der Waals surface area (Å²) in [4.78, 5) is 0. The van der Waals surface area contributed by atoms with Crippen LogP contribution >= 0.6 is 0 Å². The van der Waals surface area contributed by atoms with Crippen molar-refractivity contribution in [2.45, 2.75) is 37.1 Å². The van der Waals surface area contributed by atoms with Crippen molar-refractivity contribution >= 4 is 0 Å². The van der Waals surface area contributed by atoms with Gasteiger partial charge in [0, 0.05) is 12.8 Å². The van der Waals surface area contributed by atoms with Gasteiger partial charge in [0.05, 0.1) is 31.0 Å². The Morgan fingerprint density at radius 3 is 3.00 bits per heavy atom. The summed E-state index contributed by atoms with van der Waals surface area (Å²) < 4.78 is 5.45. The van der Waals surface area contributed by atoms with E-state index in [-0.39, 0.29) is 19.1 Å². The molecule has 0 saturated heterocycles. The molecule has 80 valence electrons. The largest absolute Gasteiger partial charge is 0.393 e. The van der Waals surface area contributed by atoms with Gasteiger partial charge in [-0.05, 0) is 12.0 Å². The van der Waals surface area contributed by atoms with Crippen molar-refractivity contribution < 1.29 is 20.1 Å². The maximum Gasteiger partial charge on any atom is 0.0933 e. The summed E-state index contributed by atoms with van der Waals surface area (Å²) in [7, 11) is 0. The summed E-state index contributed by atoms with van der Waals surface area (Å²) in [6.07, 6.45) is 2.49. The average Bonchev–Trinajstić information content (AvgIpc) is 2.18. The van der Waals surface area contributed by atoms with E-state index < -0.39 is 11.7 Å². The van der Waals surface area contributed by atoms with Gasteiger partial charge in [0.2, 0.25) is 0 Å². The van der Waals surface area contributed by atoms with E-state index in [0.29, 0.717) is 13.0 Å². The van der Waals surface area contributed by atoms with Crippen LogP contribution in [0.1, 0.15) is 19.3 Å². The van der Waals surface area contributed by atoms with E-state index in [2.05, 4.69) is 0 Å². The third-order valence-electron chi connectivity index (χ3n) is 3.01. The van der Waals surface area contributed by atoms with E-state index >= 15 is 0 Å². The first-order chi connectivity index (χ1) is 6.64. The zero-order valence-corrected chi connectivity index (χ0v) is 8.02. The van der Waals surface area contributed by atoms with Crippen LogP contribution in [0, 0.1) is 0 Å². The highest BCUT2D eigenvalue weighted by atomic mass is 16.5. The van der Waals surface area contributed by atoms with Crippen molar-refractivity contribution in [1.82, 2.24) is 0 Å². The third-order valence-corrected chi connectivity index (χ3v) is 3.01. The molecule has 0 aromatic carbocycles. The zero-order chi connectivity index (χ0) is 10.2. The molecule has 14 heavy (non-hydrogen) atoms. The molecule has 0 bridgehead atoms. The summed E-state index contributed by atoms with van der Waals surface area (Å²) in [5, 5.41) is 28.6. The first-order valence-electron chi connectivity index (χ1n) is 4.97. The van der Waals surface area contributed by atoms with Crippen molar-refractivity contribution in [3.8, 4) is 0 Å². The molecule has 0 aromatic rings. The van der Waals surface area contributed by atoms with Crippen molar-refractivity contribution in [2.75, 3.05) is 13.2 Å². The van der Waals surface area contributed by atoms with E-state index in [0.717, 1.165) is 12.0 Å². The predicted octanol–water partition coefficient (Wildman–Crippen LogP) is -0.420. The van der Waals surface area contributed by atoms with Gasteiger partial charge in [-0.25, -0.2) is 0 Å². The monoisotopic (exact) mass is 200 g/mol. The average molecular weight is 200 g/mol. The Balaban J connectivity index is 2.17. The van der Waals surface area contributed by atoms with Crippen molar-refractivity contribution in [3.63, 3.8) is 0 Å². The summed E-state index contributed by atoms with van der Waals surface area (Å²) in [6.45, 7) is 0.305. The standard InChI is InChI=1S/C10H16O4/c11-6-10(13)4-8(12)7-2-1-3-14-9(7)5-10/h2,8-9,11-13H,1,3-6H2/t8-,9-,10-/m1/s1. The molecule has 0 aromatic heterocycles. The van der Waals surface area contributed by atoms with Crippen LogP contribution in [-0.4, -0.2) is 46.3 Å². The normalized spacial score (nSPS) is 42.9. The van der Waals surface area contributed by atoms with Crippen LogP contribution in [0.3, 0.4) is 0 Å². The van der Waals surface area contributed by atoms with Gasteiger partial charge in [-0.2, -0.15) is 0 Å². The molecule has 1 heterocycles. The first-order valence-corrected chi connectivity index (χ1v) is 4.97. The van der Waals surface area contributed by atoms with Crippen LogP contribution in [0.5, 0.6) is 0 Å². The SMILES string of the molecule is OC[C@@]1(O)C[C@@H](O)C2=CCCO[C@@H]2C1. The molecule has 0 radical (unpaired) electrons. The number of ether oxygens (including phenoxy) is 1. The number of fused-ring (bicyclic) bond motifs is 1. The van der Waals surface area contributed by atoms with E-state index in [1.165, 1.54) is 0 Å². The van der Waals surface area contributed by atoms with Crippen LogP contribution in [0.4, 0.5) is 0 Å². The quantitative estimate of drug-likeness (QED) is 0.503. The fourth-order valence-electron chi connectivity index (χ4n) is 2.23. The lowest BCUT2D eigenvalue weighted by Crippen LogP contribution is -2.49. The van der Waals surface area contributed by atoms with Crippen LogP contribution in [0.25, 0.3) is 0 Å². The van der Waals surface area contributed by atoms with Crippen LogP contribution in [0.2, 0.25) is 0 Å². The summed E-state index contributed by atoms with van der Waals surface area (Å²) in [5.74, 6) is 0. The molecule has 0 spiro atoms. The molecule has 3 N–H and O–H groups in total. The molecule has 2 aliphatic rings. The number of aliphatic hydroxyl groups is 3. The third kappa shape index (κ3) is 1.70. The van der Waals surface area contributed by atoms with Gasteiger partial charge in [0.25, 0.3) is 0 Å². The topological polar surface area (TPSA) is 69.9 Å². The van der Waals surface area contributed by atoms with Gasteiger partial charge in [-0.15, -0.1) is 0 Å². The molecule has 1 aliphatic carbocycles. The molecule has 1 saturated carbocycles. The lowest BCUT2D eigenvalue weighted by molar-refractivity contribution is -0.107. The highest BCUT2D eigenvalue weighted by Crippen LogP contribution is 2.35.